The number of aliphatic hydroxyl groups is 1. The number of hydrogen-bond donors (Lipinski definition) is 1. The van der Waals surface area contributed by atoms with E-state index in [0.717, 1.165) is 11.1 Å². The van der Waals surface area contributed by atoms with E-state index < -0.39 is 17.7 Å². The molecule has 3 aromatic heterocycles. The minimum absolute atomic E-state index is 0.0249. The highest BCUT2D eigenvalue weighted by Crippen LogP contribution is 2.40. The smallest absolute Gasteiger partial charge is 0.296 e. The lowest BCUT2D eigenvalue weighted by Gasteiger charge is -2.24. The van der Waals surface area contributed by atoms with Crippen LogP contribution in [0.3, 0.4) is 0 Å². The second kappa shape index (κ2) is 7.53. The summed E-state index contributed by atoms with van der Waals surface area (Å²) in [6.45, 7) is 3.86. The van der Waals surface area contributed by atoms with E-state index in [1.165, 1.54) is 11.2 Å². The number of pyridine rings is 1. The number of aliphatic hydroxyl groups excluding tert-OH is 1. The van der Waals surface area contributed by atoms with Gasteiger partial charge < -0.3 is 18.8 Å². The van der Waals surface area contributed by atoms with Crippen LogP contribution in [0.5, 0.6) is 0 Å². The second-order valence-electron chi connectivity index (χ2n) is 7.85. The first kappa shape index (κ1) is 19.8. The third-order valence-electron chi connectivity index (χ3n) is 5.87. The third-order valence-corrected chi connectivity index (χ3v) is 5.87. The molecular weight excluding hydrogens is 406 g/mol. The van der Waals surface area contributed by atoms with Gasteiger partial charge in [0.25, 0.3) is 11.7 Å². The first-order valence-corrected chi connectivity index (χ1v) is 10.3. The molecule has 0 saturated carbocycles. The summed E-state index contributed by atoms with van der Waals surface area (Å²) in [4.78, 5) is 32.2. The van der Waals surface area contributed by atoms with Gasteiger partial charge in [-0.3, -0.25) is 9.59 Å². The molecule has 1 aromatic carbocycles. The zero-order chi connectivity index (χ0) is 22.4. The van der Waals surface area contributed by atoms with Gasteiger partial charge in [0.1, 0.15) is 17.1 Å². The van der Waals surface area contributed by atoms with Crippen molar-refractivity contribution in [3.8, 4) is 0 Å². The van der Waals surface area contributed by atoms with Crippen molar-refractivity contribution in [3.05, 3.63) is 101 Å². The number of likely N-dealkylation sites (tertiary alicyclic amines) is 1. The molecule has 32 heavy (non-hydrogen) atoms. The van der Waals surface area contributed by atoms with E-state index in [-0.39, 0.29) is 23.6 Å². The van der Waals surface area contributed by atoms with Crippen LogP contribution in [0, 0.1) is 13.8 Å². The standard InChI is InChI=1S/C25H21N3O4/c1-15-8-6-12-27-16(2)20(26-24(15)27)22(29)19-21(17-9-4-3-5-10-17)28(25(31)23(19)30)14-18-11-7-13-32-18/h3-13,21,29H,14H2,1-2H3/b22-19+. The van der Waals surface area contributed by atoms with E-state index in [1.54, 1.807) is 12.1 Å². The van der Waals surface area contributed by atoms with Crippen LogP contribution in [0.4, 0.5) is 0 Å². The molecule has 7 heteroatoms. The number of imidazole rings is 1. The van der Waals surface area contributed by atoms with Crippen LogP contribution in [0.15, 0.2) is 77.0 Å². The molecule has 1 unspecified atom stereocenters. The van der Waals surface area contributed by atoms with Crippen molar-refractivity contribution in [1.29, 1.82) is 0 Å². The summed E-state index contributed by atoms with van der Waals surface area (Å²) >= 11 is 0. The topological polar surface area (TPSA) is 88.0 Å². The van der Waals surface area contributed by atoms with Gasteiger partial charge in [-0.2, -0.15) is 0 Å². The van der Waals surface area contributed by atoms with E-state index in [2.05, 4.69) is 4.98 Å². The van der Waals surface area contributed by atoms with Gasteiger partial charge in [-0.05, 0) is 43.2 Å². The molecule has 1 N–H and O–H groups in total. The third kappa shape index (κ3) is 3.01. The maximum absolute atomic E-state index is 13.2. The Kier molecular flexibility index (Phi) is 4.66. The van der Waals surface area contributed by atoms with Crippen molar-refractivity contribution in [2.24, 2.45) is 0 Å². The number of aromatic nitrogens is 2. The van der Waals surface area contributed by atoms with Crippen LogP contribution in [0.25, 0.3) is 11.4 Å². The first-order chi connectivity index (χ1) is 15.5. The van der Waals surface area contributed by atoms with Gasteiger partial charge in [-0.25, -0.2) is 4.98 Å². The molecule has 1 aliphatic rings. The summed E-state index contributed by atoms with van der Waals surface area (Å²) in [7, 11) is 0. The highest BCUT2D eigenvalue weighted by atomic mass is 16.3. The summed E-state index contributed by atoms with van der Waals surface area (Å²) in [6, 6.07) is 15.7. The summed E-state index contributed by atoms with van der Waals surface area (Å²) < 4.78 is 7.28. The fourth-order valence-electron chi connectivity index (χ4n) is 4.27. The summed E-state index contributed by atoms with van der Waals surface area (Å²) in [5, 5.41) is 11.3. The highest BCUT2D eigenvalue weighted by molar-refractivity contribution is 6.46. The van der Waals surface area contributed by atoms with E-state index >= 15 is 0 Å². The van der Waals surface area contributed by atoms with Gasteiger partial charge >= 0.3 is 0 Å². The van der Waals surface area contributed by atoms with E-state index in [1.807, 2.05) is 66.9 Å². The lowest BCUT2D eigenvalue weighted by atomic mass is 9.96. The van der Waals surface area contributed by atoms with Crippen LogP contribution >= 0.6 is 0 Å². The number of carbonyl (C=O) groups is 2. The quantitative estimate of drug-likeness (QED) is 0.300. The van der Waals surface area contributed by atoms with Gasteiger partial charge in [0, 0.05) is 6.20 Å². The van der Waals surface area contributed by atoms with Crippen molar-refractivity contribution in [2.75, 3.05) is 0 Å². The summed E-state index contributed by atoms with van der Waals surface area (Å²) in [5.74, 6) is -1.16. The predicted octanol–water partition coefficient (Wildman–Crippen LogP) is 4.17. The van der Waals surface area contributed by atoms with Crippen LogP contribution in [0.1, 0.15) is 34.3 Å². The summed E-state index contributed by atoms with van der Waals surface area (Å²) in [6.07, 6.45) is 3.37. The van der Waals surface area contributed by atoms with Crippen molar-refractivity contribution in [3.63, 3.8) is 0 Å². The Labute approximate surface area is 184 Å². The largest absolute Gasteiger partial charge is 0.505 e. The van der Waals surface area contributed by atoms with Crippen molar-refractivity contribution >= 4 is 23.1 Å². The van der Waals surface area contributed by atoms with Gasteiger partial charge in [0.15, 0.2) is 5.76 Å². The maximum atomic E-state index is 13.2. The Morgan fingerprint density at radius 1 is 1.06 bits per heavy atom. The maximum Gasteiger partial charge on any atom is 0.296 e. The predicted molar refractivity (Wildman–Crippen MR) is 118 cm³/mol. The molecule has 1 aliphatic heterocycles. The molecule has 5 rings (SSSR count). The number of amides is 1. The second-order valence-corrected chi connectivity index (χ2v) is 7.85. The van der Waals surface area contributed by atoms with Gasteiger partial charge in [-0.1, -0.05) is 36.4 Å². The van der Waals surface area contributed by atoms with E-state index in [0.29, 0.717) is 17.1 Å². The molecule has 7 nitrogen and oxygen atoms in total. The number of furan rings is 1. The normalized spacial score (nSPS) is 18.1. The molecule has 160 valence electrons. The zero-order valence-corrected chi connectivity index (χ0v) is 17.6. The Morgan fingerprint density at radius 2 is 1.84 bits per heavy atom. The molecular formula is C25H21N3O4. The SMILES string of the molecule is Cc1cccn2c(C)c(/C(O)=C3\C(=O)C(=O)N(Cc4ccco4)C3c3ccccc3)nc12. The number of Topliss-reactive ketones (excluding diaryl/α,β-unsaturated/α-hetero) is 1. The molecule has 1 fully saturated rings. The number of ketones is 1. The monoisotopic (exact) mass is 427 g/mol. The Bertz CT molecular complexity index is 1370. The molecule has 0 bridgehead atoms. The average Bonchev–Trinajstić information content (AvgIpc) is 3.49. The lowest BCUT2D eigenvalue weighted by Crippen LogP contribution is -2.29. The summed E-state index contributed by atoms with van der Waals surface area (Å²) in [5.41, 5.74) is 3.34. The number of benzene rings is 1. The van der Waals surface area contributed by atoms with Crippen molar-refractivity contribution < 1.29 is 19.1 Å². The Hall–Kier alpha value is -4.13. The van der Waals surface area contributed by atoms with Gasteiger partial charge in [0.2, 0.25) is 0 Å². The molecule has 4 heterocycles. The molecule has 1 saturated heterocycles. The number of fused-ring (bicyclic) bond motifs is 1. The number of aryl methyl sites for hydroxylation is 2. The molecule has 4 aromatic rings. The molecule has 0 aliphatic carbocycles. The van der Waals surface area contributed by atoms with Crippen molar-refractivity contribution in [1.82, 2.24) is 14.3 Å². The van der Waals surface area contributed by atoms with Crippen molar-refractivity contribution in [2.45, 2.75) is 26.4 Å². The minimum atomic E-state index is -0.758. The number of hydrogen-bond acceptors (Lipinski definition) is 5. The van der Waals surface area contributed by atoms with Crippen LogP contribution in [-0.2, 0) is 16.1 Å². The Balaban J connectivity index is 1.71. The number of nitrogens with zero attached hydrogens (tertiary/aromatic N) is 3. The van der Waals surface area contributed by atoms with Gasteiger partial charge in [-0.15, -0.1) is 0 Å². The van der Waals surface area contributed by atoms with E-state index in [9.17, 15) is 14.7 Å². The fraction of sp³-hybridized carbons (Fsp3) is 0.160. The minimum Gasteiger partial charge on any atom is -0.505 e. The molecule has 0 radical (unpaired) electrons. The average molecular weight is 427 g/mol. The first-order valence-electron chi connectivity index (χ1n) is 10.3. The molecule has 1 amide bonds. The van der Waals surface area contributed by atoms with Crippen LogP contribution in [0.2, 0.25) is 0 Å². The highest BCUT2D eigenvalue weighted by Gasteiger charge is 2.46. The Morgan fingerprint density at radius 3 is 2.53 bits per heavy atom. The zero-order valence-electron chi connectivity index (χ0n) is 17.6. The fourth-order valence-corrected chi connectivity index (χ4v) is 4.27. The van der Waals surface area contributed by atoms with Crippen LogP contribution in [-0.4, -0.2) is 31.1 Å². The lowest BCUT2D eigenvalue weighted by molar-refractivity contribution is -0.140. The number of rotatable bonds is 4. The van der Waals surface area contributed by atoms with E-state index in [4.69, 9.17) is 4.42 Å². The molecule has 0 spiro atoms. The number of carbonyl (C=O) groups excluding carboxylic acids is 2. The van der Waals surface area contributed by atoms with Gasteiger partial charge in [0.05, 0.1) is 30.1 Å². The van der Waals surface area contributed by atoms with Crippen LogP contribution < -0.4 is 0 Å². The molecule has 1 atom stereocenters.